The Morgan fingerprint density at radius 3 is 2.63 bits per heavy atom. The number of hydrogen-bond donors (Lipinski definition) is 0. The summed E-state index contributed by atoms with van der Waals surface area (Å²) >= 11 is 0. The second-order valence-corrected chi connectivity index (χ2v) is 4.23. The first-order valence-corrected chi connectivity index (χ1v) is 5.97. The lowest BCUT2D eigenvalue weighted by Gasteiger charge is -2.01. The fourth-order valence-corrected chi connectivity index (χ4v) is 2.20. The number of nitrogens with zero attached hydrogens (tertiary/aromatic N) is 3. The van der Waals surface area contributed by atoms with Crippen LogP contribution in [0.3, 0.4) is 0 Å². The molecule has 4 rings (SSSR count). The van der Waals surface area contributed by atoms with Gasteiger partial charge in [0.25, 0.3) is 5.71 Å². The topological polar surface area (TPSA) is 51.8 Å². The minimum Gasteiger partial charge on any atom is -0.416 e. The molecule has 0 unspecified atom stereocenters. The Kier molecular flexibility index (Phi) is 2.08. The highest BCUT2D eigenvalue weighted by molar-refractivity contribution is 5.95. The van der Waals surface area contributed by atoms with Gasteiger partial charge in [-0.05, 0) is 16.8 Å². The van der Waals surface area contributed by atoms with Crippen molar-refractivity contribution in [2.75, 3.05) is 0 Å². The third-order valence-electron chi connectivity index (χ3n) is 3.07. The highest BCUT2D eigenvalue weighted by Gasteiger charge is 2.11. The summed E-state index contributed by atoms with van der Waals surface area (Å²) in [5, 5.41) is 2.26. The summed E-state index contributed by atoms with van der Waals surface area (Å²) in [6, 6.07) is 14.2. The van der Waals surface area contributed by atoms with Crippen LogP contribution in [0.1, 0.15) is 0 Å². The van der Waals surface area contributed by atoms with Crippen molar-refractivity contribution in [1.82, 2.24) is 15.0 Å². The van der Waals surface area contributed by atoms with E-state index in [0.29, 0.717) is 17.3 Å². The molecule has 0 spiro atoms. The molecule has 90 valence electrons. The van der Waals surface area contributed by atoms with E-state index in [1.54, 1.807) is 12.4 Å². The van der Waals surface area contributed by atoms with Crippen LogP contribution in [0, 0.1) is 0 Å². The molecule has 0 saturated heterocycles. The molecule has 2 aromatic heterocycles. The summed E-state index contributed by atoms with van der Waals surface area (Å²) in [6.45, 7) is 0. The SMILES string of the molecule is c1ccc2c(-c3nc4nccnc4o3)cccc2c1. The predicted molar refractivity (Wildman–Crippen MR) is 72.5 cm³/mol. The van der Waals surface area contributed by atoms with Crippen LogP contribution in [0.25, 0.3) is 33.6 Å². The van der Waals surface area contributed by atoms with Gasteiger partial charge in [-0.25, -0.2) is 9.97 Å². The Bertz CT molecular complexity index is 844. The molecule has 0 saturated carbocycles. The number of hydrogen-bond acceptors (Lipinski definition) is 4. The van der Waals surface area contributed by atoms with Crippen LogP contribution < -0.4 is 0 Å². The van der Waals surface area contributed by atoms with Crippen LogP contribution in [0.4, 0.5) is 0 Å². The van der Waals surface area contributed by atoms with Gasteiger partial charge < -0.3 is 4.42 Å². The predicted octanol–water partition coefficient (Wildman–Crippen LogP) is 3.44. The van der Waals surface area contributed by atoms with Crippen LogP contribution in [0.15, 0.2) is 59.3 Å². The molecule has 0 aliphatic carbocycles. The maximum absolute atomic E-state index is 5.68. The summed E-state index contributed by atoms with van der Waals surface area (Å²) in [4.78, 5) is 12.6. The molecule has 2 heterocycles. The normalized spacial score (nSPS) is 11.2. The van der Waals surface area contributed by atoms with Crippen molar-refractivity contribution >= 4 is 22.1 Å². The van der Waals surface area contributed by atoms with Crippen molar-refractivity contribution in [1.29, 1.82) is 0 Å². The molecule has 4 nitrogen and oxygen atoms in total. The fraction of sp³-hybridized carbons (Fsp3) is 0. The molecule has 0 bridgehead atoms. The molecule has 0 aliphatic rings. The van der Waals surface area contributed by atoms with Gasteiger partial charge in [-0.1, -0.05) is 36.4 Å². The number of benzene rings is 2. The van der Waals surface area contributed by atoms with E-state index >= 15 is 0 Å². The van der Waals surface area contributed by atoms with Gasteiger partial charge in [0, 0.05) is 18.0 Å². The molecule has 0 atom stereocenters. The number of fused-ring (bicyclic) bond motifs is 2. The van der Waals surface area contributed by atoms with Crippen LogP contribution >= 0.6 is 0 Å². The summed E-state index contributed by atoms with van der Waals surface area (Å²) in [5.74, 6) is 0.554. The molecule has 2 aromatic carbocycles. The smallest absolute Gasteiger partial charge is 0.266 e. The van der Waals surface area contributed by atoms with Gasteiger partial charge in [-0.2, -0.15) is 4.98 Å². The summed E-state index contributed by atoms with van der Waals surface area (Å²) < 4.78 is 5.68. The van der Waals surface area contributed by atoms with Gasteiger partial charge in [0.15, 0.2) is 0 Å². The van der Waals surface area contributed by atoms with Crippen molar-refractivity contribution < 1.29 is 4.42 Å². The molecule has 19 heavy (non-hydrogen) atoms. The zero-order valence-electron chi connectivity index (χ0n) is 9.95. The number of rotatable bonds is 1. The van der Waals surface area contributed by atoms with Gasteiger partial charge in [0.05, 0.1) is 0 Å². The molecule has 0 amide bonds. The van der Waals surface area contributed by atoms with Gasteiger partial charge in [0.1, 0.15) is 0 Å². The Labute approximate surface area is 108 Å². The minimum absolute atomic E-state index is 0.463. The van der Waals surface area contributed by atoms with E-state index < -0.39 is 0 Å². The zero-order chi connectivity index (χ0) is 12.7. The molecule has 0 N–H and O–H groups in total. The van der Waals surface area contributed by atoms with E-state index in [2.05, 4.69) is 33.2 Å². The number of oxazole rings is 1. The number of aromatic nitrogens is 3. The summed E-state index contributed by atoms with van der Waals surface area (Å²) in [5.41, 5.74) is 1.95. The summed E-state index contributed by atoms with van der Waals surface area (Å²) in [7, 11) is 0. The van der Waals surface area contributed by atoms with Crippen LogP contribution in [-0.4, -0.2) is 15.0 Å². The lowest BCUT2D eigenvalue weighted by atomic mass is 10.0. The monoisotopic (exact) mass is 247 g/mol. The van der Waals surface area contributed by atoms with Crippen molar-refractivity contribution in [2.45, 2.75) is 0 Å². The average molecular weight is 247 g/mol. The molecule has 0 fully saturated rings. The Hall–Kier alpha value is -2.75. The summed E-state index contributed by atoms with van der Waals surface area (Å²) in [6.07, 6.45) is 3.21. The molecule has 0 aliphatic heterocycles. The Morgan fingerprint density at radius 2 is 1.68 bits per heavy atom. The third-order valence-corrected chi connectivity index (χ3v) is 3.07. The Balaban J connectivity index is 2.03. The first kappa shape index (κ1) is 10.2. The van der Waals surface area contributed by atoms with Crippen molar-refractivity contribution in [3.63, 3.8) is 0 Å². The molecule has 4 heteroatoms. The quantitative estimate of drug-likeness (QED) is 0.517. The van der Waals surface area contributed by atoms with E-state index in [1.165, 1.54) is 0 Å². The van der Waals surface area contributed by atoms with Gasteiger partial charge in [-0.3, -0.25) is 0 Å². The standard InChI is InChI=1S/C15H9N3O/c1-2-6-11-10(4-1)5-3-7-12(11)14-18-13-15(19-14)17-9-8-16-13/h1-9H. The third kappa shape index (κ3) is 1.57. The minimum atomic E-state index is 0.463. The van der Waals surface area contributed by atoms with Crippen molar-refractivity contribution in [2.24, 2.45) is 0 Å². The van der Waals surface area contributed by atoms with E-state index in [4.69, 9.17) is 4.42 Å². The first-order valence-electron chi connectivity index (χ1n) is 5.97. The zero-order valence-corrected chi connectivity index (χ0v) is 9.95. The second kappa shape index (κ2) is 3.88. The highest BCUT2D eigenvalue weighted by Crippen LogP contribution is 2.29. The van der Waals surface area contributed by atoms with E-state index in [0.717, 1.165) is 16.3 Å². The highest BCUT2D eigenvalue weighted by atomic mass is 16.4. The van der Waals surface area contributed by atoms with Gasteiger partial charge in [-0.15, -0.1) is 0 Å². The van der Waals surface area contributed by atoms with Gasteiger partial charge >= 0.3 is 0 Å². The van der Waals surface area contributed by atoms with Crippen LogP contribution in [0.2, 0.25) is 0 Å². The Morgan fingerprint density at radius 1 is 0.842 bits per heavy atom. The first-order chi connectivity index (χ1) is 9.42. The van der Waals surface area contributed by atoms with E-state index in [9.17, 15) is 0 Å². The molecule has 4 aromatic rings. The molecular formula is C15H9N3O. The van der Waals surface area contributed by atoms with Crippen molar-refractivity contribution in [3.8, 4) is 11.5 Å². The molecular weight excluding hydrogens is 238 g/mol. The van der Waals surface area contributed by atoms with Crippen LogP contribution in [-0.2, 0) is 0 Å². The maximum Gasteiger partial charge on any atom is 0.266 e. The lowest BCUT2D eigenvalue weighted by Crippen LogP contribution is -1.81. The lowest BCUT2D eigenvalue weighted by molar-refractivity contribution is 0.608. The maximum atomic E-state index is 5.68. The fourth-order valence-electron chi connectivity index (χ4n) is 2.20. The average Bonchev–Trinajstić information content (AvgIpc) is 2.90. The largest absolute Gasteiger partial charge is 0.416 e. The molecule has 0 radical (unpaired) electrons. The van der Waals surface area contributed by atoms with Crippen molar-refractivity contribution in [3.05, 3.63) is 54.9 Å². The van der Waals surface area contributed by atoms with E-state index in [-0.39, 0.29) is 0 Å². The van der Waals surface area contributed by atoms with Crippen LogP contribution in [0.5, 0.6) is 0 Å². The van der Waals surface area contributed by atoms with Gasteiger partial charge in [0.2, 0.25) is 11.5 Å². The second-order valence-electron chi connectivity index (χ2n) is 4.23. The van der Waals surface area contributed by atoms with E-state index in [1.807, 2.05) is 24.3 Å².